The third-order valence-electron chi connectivity index (χ3n) is 1.78. The zero-order chi connectivity index (χ0) is 13.1. The molecular formula is C8H9ClF3N3O2. The first-order valence-electron chi connectivity index (χ1n) is 4.47. The molecule has 1 aromatic rings. The second-order valence-electron chi connectivity index (χ2n) is 3.11. The van der Waals surface area contributed by atoms with E-state index in [1.54, 1.807) is 0 Å². The third kappa shape index (κ3) is 3.99. The number of alkyl halides is 3. The van der Waals surface area contributed by atoms with Crippen LogP contribution in [-0.2, 0) is 6.18 Å². The molecule has 0 aromatic carbocycles. The van der Waals surface area contributed by atoms with E-state index in [1.165, 1.54) is 0 Å². The fourth-order valence-corrected chi connectivity index (χ4v) is 1.18. The first kappa shape index (κ1) is 13.9. The van der Waals surface area contributed by atoms with Gasteiger partial charge in [0, 0.05) is 6.07 Å². The number of nitrogens with one attached hydrogen (secondary N) is 1. The van der Waals surface area contributed by atoms with Gasteiger partial charge in [0.2, 0.25) is 5.28 Å². The predicted octanol–water partition coefficient (Wildman–Crippen LogP) is 0.914. The summed E-state index contributed by atoms with van der Waals surface area (Å²) in [7, 11) is 0. The molecule has 0 spiro atoms. The maximum Gasteiger partial charge on any atom is 0.433 e. The molecule has 0 atom stereocenters. The van der Waals surface area contributed by atoms with Crippen LogP contribution in [0.1, 0.15) is 5.69 Å². The largest absolute Gasteiger partial charge is 0.433 e. The number of halogens is 4. The molecule has 0 aliphatic carbocycles. The highest BCUT2D eigenvalue weighted by molar-refractivity contribution is 6.28. The Labute approximate surface area is 99.3 Å². The van der Waals surface area contributed by atoms with E-state index < -0.39 is 36.4 Å². The molecule has 0 aliphatic rings. The third-order valence-corrected chi connectivity index (χ3v) is 1.95. The average molecular weight is 272 g/mol. The van der Waals surface area contributed by atoms with Crippen molar-refractivity contribution >= 4 is 17.4 Å². The summed E-state index contributed by atoms with van der Waals surface area (Å²) < 4.78 is 37.1. The molecule has 96 valence electrons. The van der Waals surface area contributed by atoms with Crippen LogP contribution in [0.4, 0.5) is 19.0 Å². The zero-order valence-corrected chi connectivity index (χ0v) is 9.13. The minimum absolute atomic E-state index is 0.217. The van der Waals surface area contributed by atoms with Gasteiger partial charge in [-0.15, -0.1) is 0 Å². The lowest BCUT2D eigenvalue weighted by Gasteiger charge is -2.15. The number of rotatable bonds is 4. The first-order valence-corrected chi connectivity index (χ1v) is 4.84. The van der Waals surface area contributed by atoms with E-state index in [-0.39, 0.29) is 5.82 Å². The second-order valence-corrected chi connectivity index (χ2v) is 3.45. The topological polar surface area (TPSA) is 78.3 Å². The van der Waals surface area contributed by atoms with E-state index in [4.69, 9.17) is 21.8 Å². The molecule has 1 rings (SSSR count). The van der Waals surface area contributed by atoms with Gasteiger partial charge in [0.25, 0.3) is 0 Å². The highest BCUT2D eigenvalue weighted by atomic mass is 35.5. The molecule has 0 bridgehead atoms. The van der Waals surface area contributed by atoms with Gasteiger partial charge in [-0.25, -0.2) is 9.97 Å². The molecule has 17 heavy (non-hydrogen) atoms. The van der Waals surface area contributed by atoms with Crippen molar-refractivity contribution in [1.82, 2.24) is 9.97 Å². The number of hydrogen-bond acceptors (Lipinski definition) is 5. The molecule has 9 heteroatoms. The van der Waals surface area contributed by atoms with Crippen molar-refractivity contribution in [3.8, 4) is 0 Å². The summed E-state index contributed by atoms with van der Waals surface area (Å²) in [6.07, 6.45) is -4.64. The molecule has 3 N–H and O–H groups in total. The Morgan fingerprint density at radius 3 is 2.35 bits per heavy atom. The van der Waals surface area contributed by atoms with Gasteiger partial charge in [-0.05, 0) is 11.6 Å². The lowest BCUT2D eigenvalue weighted by Crippen LogP contribution is -2.28. The molecule has 0 saturated heterocycles. The quantitative estimate of drug-likeness (QED) is 0.710. The SMILES string of the molecule is OCC(CO)Nc1cc(C(F)(F)F)nc(Cl)n1. The van der Waals surface area contributed by atoms with Crippen LogP contribution < -0.4 is 5.32 Å². The standard InChI is InChI=1S/C8H9ClF3N3O2/c9-7-14-5(8(10,11)12)1-6(15-7)13-4(2-16)3-17/h1,4,16-17H,2-3H2,(H,13,14,15). The number of aliphatic hydroxyl groups is 2. The molecule has 0 fully saturated rings. The smallest absolute Gasteiger partial charge is 0.394 e. The summed E-state index contributed by atoms with van der Waals surface area (Å²) in [5.74, 6) is -0.217. The Morgan fingerprint density at radius 2 is 1.88 bits per heavy atom. The summed E-state index contributed by atoms with van der Waals surface area (Å²) in [5.41, 5.74) is -1.20. The van der Waals surface area contributed by atoms with Crippen molar-refractivity contribution in [2.45, 2.75) is 12.2 Å². The van der Waals surface area contributed by atoms with Gasteiger partial charge in [-0.1, -0.05) is 0 Å². The number of aliphatic hydroxyl groups excluding tert-OH is 2. The van der Waals surface area contributed by atoms with Crippen LogP contribution in [0.2, 0.25) is 5.28 Å². The van der Waals surface area contributed by atoms with Gasteiger partial charge in [0.15, 0.2) is 5.69 Å². The Bertz CT molecular complexity index is 385. The highest BCUT2D eigenvalue weighted by Gasteiger charge is 2.33. The minimum atomic E-state index is -4.64. The lowest BCUT2D eigenvalue weighted by atomic mass is 10.3. The molecule has 0 radical (unpaired) electrons. The first-order chi connectivity index (χ1) is 7.86. The van der Waals surface area contributed by atoms with E-state index in [0.717, 1.165) is 0 Å². The molecule has 1 aromatic heterocycles. The van der Waals surface area contributed by atoms with Crippen molar-refractivity contribution in [2.75, 3.05) is 18.5 Å². The van der Waals surface area contributed by atoms with E-state index >= 15 is 0 Å². The van der Waals surface area contributed by atoms with Gasteiger partial charge in [0.1, 0.15) is 5.82 Å². The van der Waals surface area contributed by atoms with Crippen molar-refractivity contribution in [3.05, 3.63) is 17.0 Å². The monoisotopic (exact) mass is 271 g/mol. The Balaban J connectivity index is 2.97. The lowest BCUT2D eigenvalue weighted by molar-refractivity contribution is -0.141. The Hall–Kier alpha value is -1.12. The number of nitrogens with zero attached hydrogens (tertiary/aromatic N) is 2. The average Bonchev–Trinajstić information content (AvgIpc) is 2.24. The van der Waals surface area contributed by atoms with Gasteiger partial charge < -0.3 is 15.5 Å². The fourth-order valence-electron chi connectivity index (χ4n) is 0.995. The van der Waals surface area contributed by atoms with Crippen LogP contribution >= 0.6 is 11.6 Å². The van der Waals surface area contributed by atoms with Crippen molar-refractivity contribution in [2.24, 2.45) is 0 Å². The summed E-state index contributed by atoms with van der Waals surface area (Å²) in [6.45, 7) is -0.918. The van der Waals surface area contributed by atoms with Gasteiger partial charge >= 0.3 is 6.18 Å². The van der Waals surface area contributed by atoms with Crippen molar-refractivity contribution in [1.29, 1.82) is 0 Å². The summed E-state index contributed by atoms with van der Waals surface area (Å²) >= 11 is 5.34. The molecule has 0 aliphatic heterocycles. The van der Waals surface area contributed by atoms with Crippen molar-refractivity contribution < 1.29 is 23.4 Å². The number of aromatic nitrogens is 2. The second kappa shape index (κ2) is 5.48. The molecule has 0 saturated carbocycles. The van der Waals surface area contributed by atoms with Crippen molar-refractivity contribution in [3.63, 3.8) is 0 Å². The molecule has 0 amide bonds. The summed E-state index contributed by atoms with van der Waals surface area (Å²) in [6, 6.07) is -0.174. The Morgan fingerprint density at radius 1 is 1.29 bits per heavy atom. The summed E-state index contributed by atoms with van der Waals surface area (Å²) in [4.78, 5) is 6.53. The maximum atomic E-state index is 12.4. The van der Waals surface area contributed by atoms with Crippen LogP contribution in [0, 0.1) is 0 Å². The van der Waals surface area contributed by atoms with Crippen LogP contribution in [0.3, 0.4) is 0 Å². The van der Waals surface area contributed by atoms with Crippen LogP contribution in [0.5, 0.6) is 0 Å². The maximum absolute atomic E-state index is 12.4. The summed E-state index contributed by atoms with van der Waals surface area (Å²) in [5, 5.41) is 19.4. The molecule has 1 heterocycles. The molecule has 0 unspecified atom stereocenters. The molecular weight excluding hydrogens is 263 g/mol. The van der Waals surface area contributed by atoms with Gasteiger partial charge in [0.05, 0.1) is 19.3 Å². The number of hydrogen-bond donors (Lipinski definition) is 3. The van der Waals surface area contributed by atoms with Gasteiger partial charge in [-0.3, -0.25) is 0 Å². The highest BCUT2D eigenvalue weighted by Crippen LogP contribution is 2.29. The molecule has 5 nitrogen and oxygen atoms in total. The Kier molecular flexibility index (Phi) is 4.49. The van der Waals surface area contributed by atoms with E-state index in [0.29, 0.717) is 6.07 Å². The minimum Gasteiger partial charge on any atom is -0.394 e. The van der Waals surface area contributed by atoms with Crippen LogP contribution in [0.25, 0.3) is 0 Å². The zero-order valence-electron chi connectivity index (χ0n) is 8.37. The van der Waals surface area contributed by atoms with Gasteiger partial charge in [-0.2, -0.15) is 13.2 Å². The fraction of sp³-hybridized carbons (Fsp3) is 0.500. The van der Waals surface area contributed by atoms with E-state index in [9.17, 15) is 13.2 Å². The predicted molar refractivity (Wildman–Crippen MR) is 53.6 cm³/mol. The van der Waals surface area contributed by atoms with Crippen LogP contribution in [-0.4, -0.2) is 39.4 Å². The normalized spacial score (nSPS) is 11.9. The van der Waals surface area contributed by atoms with E-state index in [2.05, 4.69) is 15.3 Å². The number of anilines is 1. The van der Waals surface area contributed by atoms with E-state index in [1.807, 2.05) is 0 Å². The van der Waals surface area contributed by atoms with Crippen LogP contribution in [0.15, 0.2) is 6.07 Å².